The Hall–Kier alpha value is -1.72. The van der Waals surface area contributed by atoms with Crippen molar-refractivity contribution in [3.8, 4) is 0 Å². The van der Waals surface area contributed by atoms with Gasteiger partial charge >= 0.3 is 95.3 Å². The molecule has 362 valence electrons. The van der Waals surface area contributed by atoms with Gasteiger partial charge in [0.1, 0.15) is 0 Å². The lowest BCUT2D eigenvalue weighted by molar-refractivity contribution is -0.461. The lowest BCUT2D eigenvalue weighted by Crippen LogP contribution is -2.74. The van der Waals surface area contributed by atoms with Gasteiger partial charge in [-0.15, -0.1) is 0 Å². The number of aliphatic hydroxyl groups is 1. The maximum atomic E-state index is 14.0. The fourth-order valence-corrected chi connectivity index (χ4v) is 6.05. The highest BCUT2D eigenvalue weighted by Crippen LogP contribution is 2.66. The summed E-state index contributed by atoms with van der Waals surface area (Å²) in [6, 6.07) is 0. The number of halogens is 34. The Morgan fingerprint density at radius 3 is 0.750 bits per heavy atom. The van der Waals surface area contributed by atoms with E-state index in [0.717, 1.165) is 0 Å². The van der Waals surface area contributed by atoms with Crippen molar-refractivity contribution in [3.63, 3.8) is 0 Å². The Labute approximate surface area is 315 Å². The van der Waals surface area contributed by atoms with E-state index < -0.39 is 161 Å². The molecule has 0 radical (unpaired) electrons. The van der Waals surface area contributed by atoms with E-state index in [1.54, 1.807) is 0 Å². The van der Waals surface area contributed by atoms with E-state index in [4.69, 9.17) is 5.11 Å². The second-order valence-corrected chi connectivity index (χ2v) is 14.1. The number of aliphatic hydroxyl groups excluding tert-OH is 1. The smallest absolute Gasteiger partial charge is 0.395 e. The lowest BCUT2D eigenvalue weighted by Gasteiger charge is -2.42. The zero-order chi connectivity index (χ0) is 49.2. The summed E-state index contributed by atoms with van der Waals surface area (Å²) >= 11 is -1.11. The zero-order valence-corrected chi connectivity index (χ0v) is 28.6. The summed E-state index contributed by atoms with van der Waals surface area (Å²) in [5.74, 6) is -123. The molecule has 0 aromatic heterocycles. The minimum atomic E-state index is -8.96. The fourth-order valence-electron chi connectivity index (χ4n) is 3.63. The number of alkyl halides is 34. The Bertz CT molecular complexity index is 1440. The third kappa shape index (κ3) is 8.62. The van der Waals surface area contributed by atoms with Crippen molar-refractivity contribution < 1.29 is 154 Å². The predicted molar refractivity (Wildman–Crippen MR) is 131 cm³/mol. The van der Waals surface area contributed by atoms with Crippen molar-refractivity contribution in [2.45, 2.75) is 113 Å². The minimum absolute atomic E-state index is 0.527. The van der Waals surface area contributed by atoms with E-state index >= 15 is 0 Å². The molecule has 1 unspecified atom stereocenters. The van der Waals surface area contributed by atoms with Crippen LogP contribution in [0.5, 0.6) is 0 Å². The second kappa shape index (κ2) is 16.4. The van der Waals surface area contributed by atoms with Gasteiger partial charge in [0.15, 0.2) is 0 Å². The molecule has 0 aliphatic heterocycles. The first kappa shape index (κ1) is 58.3. The fraction of sp³-hybridized carbons (Fsp3) is 1.00. The highest BCUT2D eigenvalue weighted by atomic mass is 32.2. The van der Waals surface area contributed by atoms with Gasteiger partial charge < -0.3 is 5.11 Å². The standard InChI is InChI=1S/C23H14F34OS2/c24-8(25,10(28,29)12(32,33)14(36,37)16(40,41)18(44,45)20(48,49)22(52,53)54)1-3-59-6-7(5-58)60-4-2-9(26,27)11(30,31)13(34,35)15(38,39)17(42,43)19(46,47)21(50,51)23(55,56)57/h7,58H,1-6H2. The summed E-state index contributed by atoms with van der Waals surface area (Å²) in [6.45, 7) is -1.65. The van der Waals surface area contributed by atoms with Crippen molar-refractivity contribution in [2.24, 2.45) is 0 Å². The first-order valence-corrected chi connectivity index (χ1v) is 16.1. The van der Waals surface area contributed by atoms with Crippen LogP contribution >= 0.6 is 23.5 Å². The lowest BCUT2D eigenvalue weighted by atomic mass is 9.88. The maximum Gasteiger partial charge on any atom is 0.460 e. The van der Waals surface area contributed by atoms with E-state index in [1.165, 1.54) is 0 Å². The van der Waals surface area contributed by atoms with E-state index in [0.29, 0.717) is 0 Å². The number of hydrogen-bond donors (Lipinski definition) is 1. The highest BCUT2D eigenvalue weighted by Gasteiger charge is 2.96. The largest absolute Gasteiger partial charge is 0.460 e. The van der Waals surface area contributed by atoms with Crippen molar-refractivity contribution in [3.05, 3.63) is 0 Å². The van der Waals surface area contributed by atoms with Crippen LogP contribution in [0.25, 0.3) is 0 Å². The Morgan fingerprint density at radius 2 is 0.517 bits per heavy atom. The molecule has 0 amide bonds. The molecule has 1 N–H and O–H groups in total. The second-order valence-electron chi connectivity index (χ2n) is 11.5. The van der Waals surface area contributed by atoms with Crippen molar-refractivity contribution in [1.29, 1.82) is 0 Å². The topological polar surface area (TPSA) is 20.2 Å². The van der Waals surface area contributed by atoms with Gasteiger partial charge in [-0.1, -0.05) is 0 Å². The third-order valence-electron chi connectivity index (χ3n) is 7.41. The first-order valence-electron chi connectivity index (χ1n) is 13.9. The number of rotatable bonds is 22. The molecule has 60 heavy (non-hydrogen) atoms. The Morgan fingerprint density at radius 1 is 0.300 bits per heavy atom. The summed E-state index contributed by atoms with van der Waals surface area (Å²) in [5, 5.41) is 6.98. The van der Waals surface area contributed by atoms with Crippen LogP contribution in [0.4, 0.5) is 149 Å². The zero-order valence-electron chi connectivity index (χ0n) is 26.9. The maximum absolute atomic E-state index is 14.0. The molecule has 0 heterocycles. The van der Waals surface area contributed by atoms with Gasteiger partial charge in [0.05, 0.1) is 6.61 Å². The summed E-state index contributed by atoms with van der Waals surface area (Å²) < 4.78 is 453. The molecule has 0 bridgehead atoms. The predicted octanol–water partition coefficient (Wildman–Crippen LogP) is 12.6. The van der Waals surface area contributed by atoms with Crippen LogP contribution in [0, 0.1) is 0 Å². The van der Waals surface area contributed by atoms with E-state index in [2.05, 4.69) is 0 Å². The van der Waals surface area contributed by atoms with Gasteiger partial charge in [0, 0.05) is 23.8 Å². The molecule has 0 fully saturated rings. The summed E-state index contributed by atoms with van der Waals surface area (Å²) in [7, 11) is 0. The van der Waals surface area contributed by atoms with Crippen LogP contribution in [-0.4, -0.2) is 129 Å². The van der Waals surface area contributed by atoms with E-state index in [9.17, 15) is 149 Å². The molecular formula is C23H14F34OS2. The molecule has 1 atom stereocenters. The summed E-state index contributed by atoms with van der Waals surface area (Å²) in [4.78, 5) is 0. The monoisotopic (exact) mass is 1020 g/mol. The van der Waals surface area contributed by atoms with Gasteiger partial charge in [0.25, 0.3) is 0 Å². The van der Waals surface area contributed by atoms with Gasteiger partial charge in [-0.25, -0.2) is 0 Å². The summed E-state index contributed by atoms with van der Waals surface area (Å²) in [6.07, 6.45) is -22.2. The van der Waals surface area contributed by atoms with Crippen LogP contribution in [0.15, 0.2) is 0 Å². The van der Waals surface area contributed by atoms with Crippen LogP contribution in [0.1, 0.15) is 12.8 Å². The molecule has 0 spiro atoms. The van der Waals surface area contributed by atoms with E-state index in [-0.39, 0.29) is 0 Å². The average Bonchev–Trinajstić information content (AvgIpc) is 3.03. The third-order valence-corrected chi connectivity index (χ3v) is 9.98. The SMILES string of the molecule is OCC(CSCCC(F)(F)C(F)(F)C(F)(F)C(F)(F)C(F)(F)C(F)(F)C(F)(F)C(F)(F)F)SCCC(F)(F)C(F)(F)C(F)(F)C(F)(F)C(F)(F)C(F)(F)C(F)(F)C(F)(F)F. The van der Waals surface area contributed by atoms with Gasteiger partial charge in [-0.05, 0) is 11.5 Å². The first-order chi connectivity index (χ1) is 25.6. The summed E-state index contributed by atoms with van der Waals surface area (Å²) in [5.41, 5.74) is 0. The highest BCUT2D eigenvalue weighted by molar-refractivity contribution is 8.03. The van der Waals surface area contributed by atoms with E-state index in [1.807, 2.05) is 0 Å². The van der Waals surface area contributed by atoms with Crippen LogP contribution < -0.4 is 0 Å². The molecule has 37 heteroatoms. The number of thioether (sulfide) groups is 2. The normalized spacial score (nSPS) is 17.1. The Kier molecular flexibility index (Phi) is 15.9. The van der Waals surface area contributed by atoms with Crippen LogP contribution in [-0.2, 0) is 0 Å². The van der Waals surface area contributed by atoms with Gasteiger partial charge in [0.2, 0.25) is 0 Å². The van der Waals surface area contributed by atoms with Crippen LogP contribution in [0.3, 0.4) is 0 Å². The minimum Gasteiger partial charge on any atom is -0.395 e. The van der Waals surface area contributed by atoms with Gasteiger partial charge in [-0.3, -0.25) is 0 Å². The number of hydrogen-bond acceptors (Lipinski definition) is 3. The molecule has 0 aliphatic rings. The molecular weight excluding hydrogens is 1000 g/mol. The van der Waals surface area contributed by atoms with Crippen LogP contribution in [0.2, 0.25) is 0 Å². The quantitative estimate of drug-likeness (QED) is 0.0862. The average molecular weight is 1020 g/mol. The molecule has 0 aliphatic carbocycles. The van der Waals surface area contributed by atoms with Crippen molar-refractivity contribution in [2.75, 3.05) is 23.9 Å². The van der Waals surface area contributed by atoms with Crippen molar-refractivity contribution in [1.82, 2.24) is 0 Å². The van der Waals surface area contributed by atoms with Crippen molar-refractivity contribution >= 4 is 23.5 Å². The molecule has 0 saturated carbocycles. The Balaban J connectivity index is 6.06. The molecule has 0 saturated heterocycles. The molecule has 0 rings (SSSR count). The molecule has 1 nitrogen and oxygen atoms in total. The van der Waals surface area contributed by atoms with Gasteiger partial charge in [-0.2, -0.15) is 173 Å². The molecule has 0 aromatic rings. The molecule has 0 aromatic carbocycles.